The van der Waals surface area contributed by atoms with Crippen LogP contribution in [0.15, 0.2) is 40.0 Å². The molecule has 0 spiro atoms. The molecule has 0 aliphatic heterocycles. The molecule has 21 heavy (non-hydrogen) atoms. The highest BCUT2D eigenvalue weighted by molar-refractivity contribution is 7.08. The topological polar surface area (TPSA) is 71.3 Å². The van der Waals surface area contributed by atoms with Crippen molar-refractivity contribution in [3.8, 4) is 0 Å². The first-order valence-electron chi connectivity index (χ1n) is 6.58. The normalized spacial score (nSPS) is 13.7. The van der Waals surface area contributed by atoms with Crippen molar-refractivity contribution in [2.75, 3.05) is 6.54 Å². The number of nitrogens with one attached hydrogen (secondary N) is 1. The van der Waals surface area contributed by atoms with E-state index >= 15 is 0 Å². The summed E-state index contributed by atoms with van der Waals surface area (Å²) in [5.41, 5.74) is 0.0566. The van der Waals surface area contributed by atoms with Crippen molar-refractivity contribution in [2.45, 2.75) is 26.0 Å². The molecule has 1 unspecified atom stereocenters. The second-order valence-electron chi connectivity index (χ2n) is 5.19. The first kappa shape index (κ1) is 15.5. The molecule has 112 valence electrons. The van der Waals surface area contributed by atoms with E-state index in [9.17, 15) is 14.7 Å². The van der Waals surface area contributed by atoms with Crippen molar-refractivity contribution in [1.82, 2.24) is 9.88 Å². The monoisotopic (exact) mass is 306 g/mol. The van der Waals surface area contributed by atoms with Crippen molar-refractivity contribution in [2.24, 2.45) is 0 Å². The molecular weight excluding hydrogens is 288 g/mol. The Hall–Kier alpha value is -1.92. The molecule has 2 aromatic heterocycles. The fourth-order valence-corrected chi connectivity index (χ4v) is 2.72. The second-order valence-corrected chi connectivity index (χ2v) is 5.97. The Balaban J connectivity index is 1.97. The van der Waals surface area contributed by atoms with Gasteiger partial charge >= 0.3 is 0 Å². The van der Waals surface area contributed by atoms with Gasteiger partial charge in [-0.2, -0.15) is 11.3 Å². The maximum atomic E-state index is 11.9. The summed E-state index contributed by atoms with van der Waals surface area (Å²) in [5.74, 6) is -0.307. The van der Waals surface area contributed by atoms with Crippen LogP contribution in [0.2, 0.25) is 0 Å². The van der Waals surface area contributed by atoms with Gasteiger partial charge in [0.2, 0.25) is 5.91 Å². The van der Waals surface area contributed by atoms with Crippen molar-refractivity contribution in [3.63, 3.8) is 0 Å². The highest BCUT2D eigenvalue weighted by Gasteiger charge is 2.24. The first-order valence-corrected chi connectivity index (χ1v) is 7.52. The maximum absolute atomic E-state index is 11.9. The Morgan fingerprint density at radius 3 is 2.90 bits per heavy atom. The van der Waals surface area contributed by atoms with Gasteiger partial charge < -0.3 is 15.0 Å². The van der Waals surface area contributed by atoms with Crippen LogP contribution in [0.5, 0.6) is 0 Å². The largest absolute Gasteiger partial charge is 0.384 e. The van der Waals surface area contributed by atoms with E-state index in [-0.39, 0.29) is 24.6 Å². The van der Waals surface area contributed by atoms with Gasteiger partial charge in [-0.25, -0.2) is 0 Å². The Morgan fingerprint density at radius 2 is 2.24 bits per heavy atom. The van der Waals surface area contributed by atoms with E-state index in [4.69, 9.17) is 0 Å². The highest BCUT2D eigenvalue weighted by Crippen LogP contribution is 2.21. The average Bonchev–Trinajstić information content (AvgIpc) is 2.97. The van der Waals surface area contributed by atoms with Crippen LogP contribution in [0, 0.1) is 6.92 Å². The Morgan fingerprint density at radius 1 is 1.48 bits per heavy atom. The molecule has 5 nitrogen and oxygen atoms in total. The van der Waals surface area contributed by atoms with Gasteiger partial charge in [-0.15, -0.1) is 0 Å². The molecule has 0 radical (unpaired) electrons. The standard InChI is InChI=1S/C15H18N2O3S/c1-11-4-3-6-17(14(11)19)8-13(18)16-10-15(2,20)12-5-7-21-9-12/h3-7,9,20H,8,10H2,1-2H3,(H,16,18). The molecule has 0 bridgehead atoms. The number of aromatic nitrogens is 1. The van der Waals surface area contributed by atoms with E-state index in [1.54, 1.807) is 32.2 Å². The summed E-state index contributed by atoms with van der Waals surface area (Å²) < 4.78 is 1.35. The third kappa shape index (κ3) is 3.80. The van der Waals surface area contributed by atoms with Gasteiger partial charge in [-0.1, -0.05) is 6.07 Å². The number of carbonyl (C=O) groups excluding carboxylic acids is 1. The quantitative estimate of drug-likeness (QED) is 0.873. The zero-order chi connectivity index (χ0) is 15.5. The summed E-state index contributed by atoms with van der Waals surface area (Å²) in [4.78, 5) is 23.7. The number of thiophene rings is 1. The smallest absolute Gasteiger partial charge is 0.253 e. The molecule has 2 N–H and O–H groups in total. The molecule has 0 aliphatic rings. The molecule has 0 aliphatic carbocycles. The summed E-state index contributed by atoms with van der Waals surface area (Å²) in [5, 5.41) is 16.7. The van der Waals surface area contributed by atoms with Gasteiger partial charge in [0.1, 0.15) is 12.1 Å². The molecular formula is C15H18N2O3S. The SMILES string of the molecule is Cc1cccn(CC(=O)NCC(C)(O)c2ccsc2)c1=O. The molecule has 0 fully saturated rings. The number of pyridine rings is 1. The molecule has 1 atom stereocenters. The number of hydrogen-bond acceptors (Lipinski definition) is 4. The second kappa shape index (κ2) is 6.24. The molecule has 0 saturated carbocycles. The van der Waals surface area contributed by atoms with E-state index in [0.717, 1.165) is 5.56 Å². The Labute approximate surface area is 126 Å². The van der Waals surface area contributed by atoms with E-state index in [1.165, 1.54) is 15.9 Å². The van der Waals surface area contributed by atoms with E-state index < -0.39 is 5.60 Å². The maximum Gasteiger partial charge on any atom is 0.253 e. The lowest BCUT2D eigenvalue weighted by Crippen LogP contribution is -2.40. The lowest BCUT2D eigenvalue weighted by Gasteiger charge is -2.22. The Kier molecular flexibility index (Phi) is 4.59. The zero-order valence-corrected chi connectivity index (χ0v) is 12.8. The number of carbonyl (C=O) groups is 1. The fourth-order valence-electron chi connectivity index (χ4n) is 1.94. The zero-order valence-electron chi connectivity index (χ0n) is 12.0. The van der Waals surface area contributed by atoms with E-state index in [2.05, 4.69) is 5.32 Å². The summed E-state index contributed by atoms with van der Waals surface area (Å²) in [7, 11) is 0. The minimum Gasteiger partial charge on any atom is -0.384 e. The summed E-state index contributed by atoms with van der Waals surface area (Å²) in [6.07, 6.45) is 1.58. The van der Waals surface area contributed by atoms with Crippen LogP contribution in [0.1, 0.15) is 18.1 Å². The lowest BCUT2D eigenvalue weighted by atomic mass is 9.99. The van der Waals surface area contributed by atoms with Crippen LogP contribution < -0.4 is 10.9 Å². The summed E-state index contributed by atoms with van der Waals surface area (Å²) in [6, 6.07) is 5.26. The summed E-state index contributed by atoms with van der Waals surface area (Å²) in [6.45, 7) is 3.40. The number of hydrogen-bond donors (Lipinski definition) is 2. The number of rotatable bonds is 5. The Bertz CT molecular complexity index is 674. The fraction of sp³-hybridized carbons (Fsp3) is 0.333. The molecule has 0 aromatic carbocycles. The predicted molar refractivity (Wildman–Crippen MR) is 82.3 cm³/mol. The first-order chi connectivity index (χ1) is 9.90. The number of aliphatic hydroxyl groups is 1. The van der Waals surface area contributed by atoms with E-state index in [1.807, 2.05) is 16.8 Å². The number of aryl methyl sites for hydroxylation is 1. The molecule has 6 heteroatoms. The predicted octanol–water partition coefficient (Wildman–Crippen LogP) is 1.24. The van der Waals surface area contributed by atoms with Crippen LogP contribution in [0.25, 0.3) is 0 Å². The molecule has 0 saturated heterocycles. The van der Waals surface area contributed by atoms with Gasteiger partial charge in [-0.05, 0) is 42.3 Å². The minimum absolute atomic E-state index is 0.0553. The van der Waals surface area contributed by atoms with Crippen molar-refractivity contribution in [1.29, 1.82) is 0 Å². The van der Waals surface area contributed by atoms with Gasteiger partial charge in [-0.3, -0.25) is 9.59 Å². The molecule has 1 amide bonds. The van der Waals surface area contributed by atoms with Crippen LogP contribution in [-0.4, -0.2) is 22.1 Å². The molecule has 2 aromatic rings. The molecule has 2 rings (SSSR count). The third-order valence-corrected chi connectivity index (χ3v) is 3.98. The number of amides is 1. The number of nitrogens with zero attached hydrogens (tertiary/aromatic N) is 1. The van der Waals surface area contributed by atoms with Crippen molar-refractivity contribution >= 4 is 17.2 Å². The summed E-state index contributed by atoms with van der Waals surface area (Å²) >= 11 is 1.49. The third-order valence-electron chi connectivity index (χ3n) is 3.30. The van der Waals surface area contributed by atoms with Gasteiger partial charge in [0, 0.05) is 11.8 Å². The van der Waals surface area contributed by atoms with Crippen LogP contribution in [-0.2, 0) is 16.9 Å². The van der Waals surface area contributed by atoms with Crippen LogP contribution in [0.4, 0.5) is 0 Å². The minimum atomic E-state index is -1.12. The van der Waals surface area contributed by atoms with Crippen molar-refractivity contribution < 1.29 is 9.90 Å². The lowest BCUT2D eigenvalue weighted by molar-refractivity contribution is -0.122. The average molecular weight is 306 g/mol. The van der Waals surface area contributed by atoms with Crippen LogP contribution in [0.3, 0.4) is 0 Å². The van der Waals surface area contributed by atoms with Gasteiger partial charge in [0.05, 0.1) is 6.54 Å². The highest BCUT2D eigenvalue weighted by atomic mass is 32.1. The van der Waals surface area contributed by atoms with Crippen LogP contribution >= 0.6 is 11.3 Å². The van der Waals surface area contributed by atoms with E-state index in [0.29, 0.717) is 5.56 Å². The van der Waals surface area contributed by atoms with Gasteiger partial charge in [0.15, 0.2) is 0 Å². The molecule has 2 heterocycles. The van der Waals surface area contributed by atoms with Crippen molar-refractivity contribution in [3.05, 3.63) is 56.6 Å². The van der Waals surface area contributed by atoms with Gasteiger partial charge in [0.25, 0.3) is 5.56 Å².